The molecule has 0 bridgehead atoms. The summed E-state index contributed by atoms with van der Waals surface area (Å²) < 4.78 is 5.11. The second kappa shape index (κ2) is 14.2. The van der Waals surface area contributed by atoms with Crippen LogP contribution in [0.4, 0.5) is 17.1 Å². The first-order chi connectivity index (χ1) is 32.3. The van der Waals surface area contributed by atoms with Gasteiger partial charge in [0.25, 0.3) is 0 Å². The molecule has 3 atom stereocenters. The molecule has 2 aromatic heterocycles. The van der Waals surface area contributed by atoms with Crippen molar-refractivity contribution in [2.75, 3.05) is 4.90 Å². The molecule has 4 heteroatoms. The van der Waals surface area contributed by atoms with Crippen LogP contribution < -0.4 is 4.90 Å². The number of para-hydroxylation sites is 5. The standard InChI is InChI=1S/C61H43N3S/c1-3-16-40(17-4-1)41-30-32-43(33-31-41)63-54-26-11-7-20-46(54)48-36-34-44(38-57(48)63)62(42-18-5-2-6-19-42)45-35-37-52-59(39-45)65-58-29-14-10-24-51(58)61(52)50-23-9-13-28-56(50)64-55-27-12-8-21-47(55)49-22-15-25-53(61)60(49)64/h1-16,18-32,34-40,43H,17,33H2. The number of hydrogen-bond acceptors (Lipinski definition) is 2. The minimum atomic E-state index is -0.528. The van der Waals surface area contributed by atoms with E-state index in [4.69, 9.17) is 0 Å². The van der Waals surface area contributed by atoms with Crippen LogP contribution in [0.15, 0.2) is 240 Å². The molecule has 0 N–H and O–H groups in total. The van der Waals surface area contributed by atoms with Gasteiger partial charge in [-0.15, -0.1) is 0 Å². The average molecular weight is 850 g/mol. The minimum Gasteiger partial charge on any atom is -0.333 e. The van der Waals surface area contributed by atoms with Gasteiger partial charge in [0.2, 0.25) is 0 Å². The molecule has 8 aromatic carbocycles. The maximum Gasteiger partial charge on any atom is 0.0764 e. The molecule has 0 amide bonds. The molecule has 1 spiro atoms. The Labute approximate surface area is 382 Å². The molecule has 4 aliphatic rings. The van der Waals surface area contributed by atoms with Crippen molar-refractivity contribution in [1.82, 2.24) is 9.13 Å². The number of aromatic nitrogens is 2. The molecule has 14 rings (SSSR count). The molecular formula is C61H43N3S. The lowest BCUT2D eigenvalue weighted by Gasteiger charge is -2.45. The third-order valence-corrected chi connectivity index (χ3v) is 15.7. The smallest absolute Gasteiger partial charge is 0.0764 e. The largest absolute Gasteiger partial charge is 0.333 e. The van der Waals surface area contributed by atoms with Crippen LogP contribution in [0.3, 0.4) is 0 Å². The third-order valence-electron chi connectivity index (χ3n) is 14.6. The molecule has 3 nitrogen and oxygen atoms in total. The maximum atomic E-state index is 2.58. The van der Waals surface area contributed by atoms with Crippen LogP contribution in [-0.2, 0) is 5.41 Å². The molecule has 2 aliphatic carbocycles. The second-order valence-electron chi connectivity index (χ2n) is 17.9. The second-order valence-corrected chi connectivity index (χ2v) is 19.0. The fourth-order valence-corrected chi connectivity index (χ4v) is 13.1. The average Bonchev–Trinajstić information content (AvgIpc) is 3.89. The molecule has 0 saturated carbocycles. The Morgan fingerprint density at radius 1 is 0.492 bits per heavy atom. The summed E-state index contributed by atoms with van der Waals surface area (Å²) in [4.78, 5) is 5.02. The molecule has 0 saturated heterocycles. The maximum absolute atomic E-state index is 2.58. The fourth-order valence-electron chi connectivity index (χ4n) is 11.9. The van der Waals surface area contributed by atoms with Gasteiger partial charge in [-0.25, -0.2) is 0 Å². The Balaban J connectivity index is 0.967. The van der Waals surface area contributed by atoms with Gasteiger partial charge in [-0.3, -0.25) is 0 Å². The van der Waals surface area contributed by atoms with Crippen molar-refractivity contribution in [2.24, 2.45) is 5.92 Å². The topological polar surface area (TPSA) is 13.1 Å². The van der Waals surface area contributed by atoms with E-state index in [2.05, 4.69) is 239 Å². The lowest BCUT2D eigenvalue weighted by molar-refractivity contribution is 0.633. The zero-order valence-electron chi connectivity index (χ0n) is 35.7. The summed E-state index contributed by atoms with van der Waals surface area (Å²) in [6.45, 7) is 0. The molecular weight excluding hydrogens is 807 g/mol. The van der Waals surface area contributed by atoms with Crippen molar-refractivity contribution in [3.05, 3.63) is 252 Å². The SMILES string of the molecule is C1=CCC(C2=CCC(n3c4ccccc4c4ccc(N(c5ccccc5)c5ccc6c(c5)Sc5ccccc5C65c6ccccc6-n6c7ccccc7c7cccc5c76)cc43)C=C2)C=C1. The fraction of sp³-hybridized carbons (Fsp3) is 0.0820. The summed E-state index contributed by atoms with van der Waals surface area (Å²) in [5, 5.41) is 5.15. The zero-order chi connectivity index (χ0) is 42.6. The van der Waals surface area contributed by atoms with Gasteiger partial charge in [-0.05, 0) is 101 Å². The lowest BCUT2D eigenvalue weighted by Crippen LogP contribution is -2.37. The molecule has 3 unspecified atom stereocenters. The van der Waals surface area contributed by atoms with Crippen molar-refractivity contribution in [2.45, 2.75) is 34.1 Å². The van der Waals surface area contributed by atoms with Crippen molar-refractivity contribution >= 4 is 72.4 Å². The van der Waals surface area contributed by atoms with Gasteiger partial charge >= 0.3 is 0 Å². The van der Waals surface area contributed by atoms with Crippen molar-refractivity contribution in [1.29, 1.82) is 0 Å². The third kappa shape index (κ3) is 5.26. The van der Waals surface area contributed by atoms with Gasteiger partial charge in [-0.1, -0.05) is 176 Å². The Kier molecular flexibility index (Phi) is 8.08. The van der Waals surface area contributed by atoms with Crippen LogP contribution in [0, 0.1) is 5.92 Å². The van der Waals surface area contributed by atoms with Crippen LogP contribution >= 0.6 is 11.8 Å². The lowest BCUT2D eigenvalue weighted by atomic mass is 9.63. The predicted molar refractivity (Wildman–Crippen MR) is 272 cm³/mol. The predicted octanol–water partition coefficient (Wildman–Crippen LogP) is 16.1. The zero-order valence-corrected chi connectivity index (χ0v) is 36.5. The normalized spacial score (nSPS) is 19.2. The Bertz CT molecular complexity index is 3730. The Morgan fingerprint density at radius 3 is 2.03 bits per heavy atom. The Morgan fingerprint density at radius 2 is 1.18 bits per heavy atom. The van der Waals surface area contributed by atoms with Crippen molar-refractivity contribution < 1.29 is 0 Å². The highest BCUT2D eigenvalue weighted by Gasteiger charge is 2.49. The van der Waals surface area contributed by atoms with Crippen molar-refractivity contribution in [3.63, 3.8) is 0 Å². The van der Waals surface area contributed by atoms with Crippen LogP contribution in [0.2, 0.25) is 0 Å². The molecule has 10 aromatic rings. The van der Waals surface area contributed by atoms with Gasteiger partial charge in [-0.2, -0.15) is 0 Å². The van der Waals surface area contributed by atoms with E-state index in [1.165, 1.54) is 86.9 Å². The molecule has 308 valence electrons. The number of rotatable bonds is 5. The summed E-state index contributed by atoms with van der Waals surface area (Å²) in [5.74, 6) is 0.452. The molecule has 65 heavy (non-hydrogen) atoms. The highest BCUT2D eigenvalue weighted by molar-refractivity contribution is 7.99. The highest BCUT2D eigenvalue weighted by Crippen LogP contribution is 2.61. The number of benzene rings is 8. The van der Waals surface area contributed by atoms with E-state index < -0.39 is 5.41 Å². The van der Waals surface area contributed by atoms with E-state index in [0.29, 0.717) is 5.92 Å². The van der Waals surface area contributed by atoms with Gasteiger partial charge in [0, 0.05) is 59.8 Å². The van der Waals surface area contributed by atoms with Crippen LogP contribution in [0.5, 0.6) is 0 Å². The van der Waals surface area contributed by atoms with Gasteiger partial charge < -0.3 is 14.0 Å². The van der Waals surface area contributed by atoms with Crippen LogP contribution in [-0.4, -0.2) is 9.13 Å². The summed E-state index contributed by atoms with van der Waals surface area (Å²) in [6, 6.07) is 68.6. The van der Waals surface area contributed by atoms with E-state index in [-0.39, 0.29) is 6.04 Å². The summed E-state index contributed by atoms with van der Waals surface area (Å²) in [6.07, 6.45) is 18.3. The minimum absolute atomic E-state index is 0.211. The van der Waals surface area contributed by atoms with E-state index >= 15 is 0 Å². The number of hydrogen-bond donors (Lipinski definition) is 0. The number of allylic oxidation sites excluding steroid dienone is 8. The number of anilines is 3. The van der Waals surface area contributed by atoms with E-state index in [1.807, 2.05) is 11.8 Å². The van der Waals surface area contributed by atoms with E-state index in [9.17, 15) is 0 Å². The van der Waals surface area contributed by atoms with Gasteiger partial charge in [0.1, 0.15) is 0 Å². The number of fused-ring (bicyclic) bond motifs is 14. The summed E-state index contributed by atoms with van der Waals surface area (Å²) in [5.41, 5.74) is 15.9. The molecule has 4 heterocycles. The van der Waals surface area contributed by atoms with Crippen molar-refractivity contribution in [3.8, 4) is 5.69 Å². The first kappa shape index (κ1) is 36.9. The van der Waals surface area contributed by atoms with Gasteiger partial charge in [0.05, 0.1) is 33.7 Å². The first-order valence-electron chi connectivity index (χ1n) is 22.9. The monoisotopic (exact) mass is 849 g/mol. The van der Waals surface area contributed by atoms with Crippen LogP contribution in [0.25, 0.3) is 49.3 Å². The molecule has 0 radical (unpaired) electrons. The quantitative estimate of drug-likeness (QED) is 0.171. The number of nitrogens with zero attached hydrogens (tertiary/aromatic N) is 3. The van der Waals surface area contributed by atoms with E-state index in [1.54, 1.807) is 0 Å². The molecule has 0 fully saturated rings. The Hall–Kier alpha value is -7.53. The highest BCUT2D eigenvalue weighted by atomic mass is 32.2. The van der Waals surface area contributed by atoms with Gasteiger partial charge in [0.15, 0.2) is 0 Å². The first-order valence-corrected chi connectivity index (χ1v) is 23.7. The molecule has 2 aliphatic heterocycles. The van der Waals surface area contributed by atoms with Crippen LogP contribution in [0.1, 0.15) is 41.1 Å². The van der Waals surface area contributed by atoms with E-state index in [0.717, 1.165) is 29.9 Å². The summed E-state index contributed by atoms with van der Waals surface area (Å²) in [7, 11) is 0. The summed E-state index contributed by atoms with van der Waals surface area (Å²) >= 11 is 1.90.